The van der Waals surface area contributed by atoms with Crippen LogP contribution >= 0.6 is 0 Å². The van der Waals surface area contributed by atoms with E-state index in [0.29, 0.717) is 5.92 Å². The van der Waals surface area contributed by atoms with Crippen molar-refractivity contribution in [1.29, 1.82) is 0 Å². The van der Waals surface area contributed by atoms with E-state index in [2.05, 4.69) is 24.6 Å². The molecule has 0 saturated carbocycles. The maximum atomic E-state index is 12.8. The number of amides is 1. The number of carbonyl (C=O) groups is 1. The molecule has 23 heavy (non-hydrogen) atoms. The molecule has 1 unspecified atom stereocenters. The van der Waals surface area contributed by atoms with E-state index in [9.17, 15) is 4.79 Å². The van der Waals surface area contributed by atoms with Crippen LogP contribution in [0.4, 0.5) is 5.69 Å². The van der Waals surface area contributed by atoms with Gasteiger partial charge in [-0.05, 0) is 30.0 Å². The maximum absolute atomic E-state index is 12.8. The summed E-state index contributed by atoms with van der Waals surface area (Å²) in [6.45, 7) is 4.28. The van der Waals surface area contributed by atoms with Crippen LogP contribution in [0.3, 0.4) is 0 Å². The van der Waals surface area contributed by atoms with Crippen molar-refractivity contribution in [3.63, 3.8) is 0 Å². The minimum absolute atomic E-state index is 0.0939. The van der Waals surface area contributed by atoms with Gasteiger partial charge in [0.05, 0.1) is 11.7 Å². The zero-order chi connectivity index (χ0) is 16.2. The lowest BCUT2D eigenvalue weighted by Gasteiger charge is -2.25. The number of hydrogen-bond donors (Lipinski definition) is 2. The normalized spacial score (nSPS) is 21.0. The fourth-order valence-corrected chi connectivity index (χ4v) is 2.92. The molecule has 0 spiro atoms. The smallest absolute Gasteiger partial charge is 0.259 e. The first-order valence-electron chi connectivity index (χ1n) is 8.11. The zero-order valence-corrected chi connectivity index (χ0v) is 13.6. The minimum Gasteiger partial charge on any atom is -0.294 e. The minimum atomic E-state index is -0.160. The molecule has 1 fully saturated rings. The van der Waals surface area contributed by atoms with E-state index >= 15 is 0 Å². The van der Waals surface area contributed by atoms with E-state index in [1.807, 2.05) is 60.7 Å². The summed E-state index contributed by atoms with van der Waals surface area (Å²) >= 11 is 0. The molecule has 2 aromatic carbocycles. The Hall–Kier alpha value is -2.33. The average Bonchev–Trinajstić information content (AvgIpc) is 2.86. The van der Waals surface area contributed by atoms with Gasteiger partial charge in [-0.15, -0.1) is 0 Å². The van der Waals surface area contributed by atoms with Gasteiger partial charge in [0.15, 0.2) is 0 Å². The van der Waals surface area contributed by atoms with Crippen LogP contribution in [0, 0.1) is 5.92 Å². The molecule has 1 saturated heterocycles. The fraction of sp³-hybridized carbons (Fsp3) is 0.316. The average molecular weight is 309 g/mol. The van der Waals surface area contributed by atoms with Crippen molar-refractivity contribution < 1.29 is 4.79 Å². The molecule has 2 N–H and O–H groups in total. The summed E-state index contributed by atoms with van der Waals surface area (Å²) < 4.78 is 0. The van der Waals surface area contributed by atoms with Crippen molar-refractivity contribution in [2.45, 2.75) is 32.5 Å². The second kappa shape index (κ2) is 6.84. The summed E-state index contributed by atoms with van der Waals surface area (Å²) in [6.07, 6.45) is 0.669. The third-order valence-electron chi connectivity index (χ3n) is 4.00. The van der Waals surface area contributed by atoms with Crippen molar-refractivity contribution in [2.24, 2.45) is 5.92 Å². The van der Waals surface area contributed by atoms with Crippen molar-refractivity contribution in [1.82, 2.24) is 10.3 Å². The molecule has 4 heteroatoms. The predicted molar refractivity (Wildman–Crippen MR) is 92.5 cm³/mol. The van der Waals surface area contributed by atoms with Gasteiger partial charge in [-0.25, -0.2) is 5.01 Å². The summed E-state index contributed by atoms with van der Waals surface area (Å²) in [7, 11) is 0. The van der Waals surface area contributed by atoms with Gasteiger partial charge in [0.2, 0.25) is 0 Å². The first-order chi connectivity index (χ1) is 11.1. The van der Waals surface area contributed by atoms with Gasteiger partial charge in [0.1, 0.15) is 6.17 Å². The number of hydrazine groups is 1. The Morgan fingerprint density at radius 2 is 1.65 bits per heavy atom. The molecule has 0 aliphatic carbocycles. The number of nitrogens with zero attached hydrogens (tertiary/aromatic N) is 1. The molecule has 4 nitrogen and oxygen atoms in total. The van der Waals surface area contributed by atoms with Crippen LogP contribution in [0.1, 0.15) is 32.0 Å². The van der Waals surface area contributed by atoms with Crippen LogP contribution in [-0.2, 0) is 4.79 Å². The van der Waals surface area contributed by atoms with E-state index in [-0.39, 0.29) is 18.1 Å². The Morgan fingerprint density at radius 1 is 1.04 bits per heavy atom. The fourth-order valence-electron chi connectivity index (χ4n) is 2.92. The van der Waals surface area contributed by atoms with Crippen LogP contribution < -0.4 is 10.7 Å². The lowest BCUT2D eigenvalue weighted by Crippen LogP contribution is -2.36. The van der Waals surface area contributed by atoms with E-state index in [1.54, 1.807) is 5.01 Å². The van der Waals surface area contributed by atoms with Crippen LogP contribution in [0.25, 0.3) is 0 Å². The number of para-hydroxylation sites is 1. The predicted octanol–water partition coefficient (Wildman–Crippen LogP) is 3.56. The van der Waals surface area contributed by atoms with Gasteiger partial charge < -0.3 is 0 Å². The highest BCUT2D eigenvalue weighted by molar-refractivity contribution is 5.85. The number of anilines is 1. The number of benzene rings is 2. The van der Waals surface area contributed by atoms with E-state index < -0.39 is 0 Å². The molecule has 1 aliphatic heterocycles. The van der Waals surface area contributed by atoms with Crippen molar-refractivity contribution in [3.05, 3.63) is 66.2 Å². The molecule has 1 amide bonds. The summed E-state index contributed by atoms with van der Waals surface area (Å²) in [6, 6.07) is 19.7. The zero-order valence-electron chi connectivity index (χ0n) is 13.6. The molecule has 2 aromatic rings. The molecule has 0 radical (unpaired) electrons. The standard InChI is InChI=1S/C19H23N3O/c1-14(2)13-17-19(23)22(21-16-11-7-4-8-12-16)18(20-17)15-9-5-3-6-10-15/h3-12,14,17-18,20-21H,13H2,1-2H3/t17-,18?/m0/s1. The summed E-state index contributed by atoms with van der Waals surface area (Å²) in [5.74, 6) is 0.556. The second-order valence-electron chi connectivity index (χ2n) is 6.35. The third kappa shape index (κ3) is 3.54. The van der Waals surface area contributed by atoms with Crippen LogP contribution in [0.15, 0.2) is 60.7 Å². The highest BCUT2D eigenvalue weighted by Crippen LogP contribution is 2.28. The summed E-state index contributed by atoms with van der Waals surface area (Å²) in [5, 5.41) is 5.19. The highest BCUT2D eigenvalue weighted by atomic mass is 16.2. The summed E-state index contributed by atoms with van der Waals surface area (Å²) in [5.41, 5.74) is 5.25. The maximum Gasteiger partial charge on any atom is 0.259 e. The molecule has 1 aliphatic rings. The van der Waals surface area contributed by atoms with Crippen LogP contribution in [0.5, 0.6) is 0 Å². The first-order valence-corrected chi connectivity index (χ1v) is 8.11. The van der Waals surface area contributed by atoms with Crippen molar-refractivity contribution >= 4 is 11.6 Å². The third-order valence-corrected chi connectivity index (χ3v) is 4.00. The number of rotatable bonds is 5. The first kappa shape index (κ1) is 15.6. The number of carbonyl (C=O) groups excluding carboxylic acids is 1. The second-order valence-corrected chi connectivity index (χ2v) is 6.35. The monoisotopic (exact) mass is 309 g/mol. The van der Waals surface area contributed by atoms with E-state index in [4.69, 9.17) is 0 Å². The van der Waals surface area contributed by atoms with Crippen LogP contribution in [-0.4, -0.2) is 17.0 Å². The SMILES string of the molecule is CC(C)C[C@@H]1NC(c2ccccc2)N(Nc2ccccc2)C1=O. The molecular formula is C19H23N3O. The molecule has 120 valence electrons. The Bertz CT molecular complexity index is 642. The molecule has 2 atom stereocenters. The van der Waals surface area contributed by atoms with Gasteiger partial charge >= 0.3 is 0 Å². The van der Waals surface area contributed by atoms with E-state index in [0.717, 1.165) is 17.7 Å². The molecule has 0 aromatic heterocycles. The Balaban J connectivity index is 1.86. The Kier molecular flexibility index (Phi) is 4.63. The quantitative estimate of drug-likeness (QED) is 0.887. The van der Waals surface area contributed by atoms with Crippen molar-refractivity contribution in [2.75, 3.05) is 5.43 Å². The molecule has 0 bridgehead atoms. The topological polar surface area (TPSA) is 44.4 Å². The molecular weight excluding hydrogens is 286 g/mol. The highest BCUT2D eigenvalue weighted by Gasteiger charge is 2.40. The van der Waals surface area contributed by atoms with Gasteiger partial charge in [0, 0.05) is 0 Å². The largest absolute Gasteiger partial charge is 0.294 e. The number of nitrogens with one attached hydrogen (secondary N) is 2. The number of hydrogen-bond acceptors (Lipinski definition) is 3. The van der Waals surface area contributed by atoms with E-state index in [1.165, 1.54) is 0 Å². The summed E-state index contributed by atoms with van der Waals surface area (Å²) in [4.78, 5) is 12.8. The van der Waals surface area contributed by atoms with Crippen LogP contribution in [0.2, 0.25) is 0 Å². The van der Waals surface area contributed by atoms with Gasteiger partial charge in [-0.2, -0.15) is 0 Å². The molecule has 1 heterocycles. The lowest BCUT2D eigenvalue weighted by molar-refractivity contribution is -0.129. The van der Waals surface area contributed by atoms with Gasteiger partial charge in [-0.3, -0.25) is 15.5 Å². The molecule has 3 rings (SSSR count). The van der Waals surface area contributed by atoms with Crippen molar-refractivity contribution in [3.8, 4) is 0 Å². The Morgan fingerprint density at radius 3 is 2.26 bits per heavy atom. The Labute approximate surface area is 137 Å². The van der Waals surface area contributed by atoms with Gasteiger partial charge in [-0.1, -0.05) is 62.4 Å². The lowest BCUT2D eigenvalue weighted by atomic mass is 10.0. The van der Waals surface area contributed by atoms with Gasteiger partial charge in [0.25, 0.3) is 5.91 Å².